The lowest BCUT2D eigenvalue weighted by Crippen LogP contribution is -2.63. The lowest BCUT2D eigenvalue weighted by atomic mass is 9.68. The summed E-state index contributed by atoms with van der Waals surface area (Å²) >= 11 is 0. The van der Waals surface area contributed by atoms with E-state index in [0.717, 1.165) is 0 Å². The first-order valence-corrected chi connectivity index (χ1v) is 10.0. The highest BCUT2D eigenvalue weighted by atomic mass is 16.4. The Labute approximate surface area is 167 Å². The average molecular weight is 409 g/mol. The molecule has 0 aromatic rings. The maximum atomic E-state index is 10.1. The van der Waals surface area contributed by atoms with Crippen LogP contribution in [0.25, 0.3) is 0 Å². The summed E-state index contributed by atoms with van der Waals surface area (Å²) in [7, 11) is 0. The van der Waals surface area contributed by atoms with E-state index in [1.807, 2.05) is 0 Å². The molecule has 0 unspecified atom stereocenters. The number of rotatable bonds is 2. The van der Waals surface area contributed by atoms with E-state index in [2.05, 4.69) is 0 Å². The molecule has 0 aromatic carbocycles. The molecule has 0 saturated heterocycles. The van der Waals surface area contributed by atoms with Crippen LogP contribution in [0, 0.1) is 11.8 Å². The number of aliphatic hydroxyl groups excluding tert-OH is 4. The van der Waals surface area contributed by atoms with E-state index in [9.17, 15) is 40.9 Å². The van der Waals surface area contributed by atoms with Gasteiger partial charge in [0, 0.05) is 0 Å². The molecule has 2 aliphatic carbocycles. The summed E-state index contributed by atoms with van der Waals surface area (Å²) in [5.74, 6) is -0.300. The molecule has 0 aromatic heterocycles. The Hall–Kier alpha value is -0.320. The quantitative estimate of drug-likeness (QED) is 0.297. The fourth-order valence-corrected chi connectivity index (χ4v) is 3.99. The number of hydrogen-bond acceptors (Lipinski definition) is 8. The third-order valence-corrected chi connectivity index (χ3v) is 6.96. The maximum Gasteiger partial charge on any atom is 0.112 e. The second kappa shape index (κ2) is 8.43. The van der Waals surface area contributed by atoms with Crippen LogP contribution in [-0.4, -0.2) is 87.7 Å². The van der Waals surface area contributed by atoms with Crippen LogP contribution in [0.3, 0.4) is 0 Å². The molecule has 2 aliphatic rings. The molecule has 8 nitrogen and oxygen atoms in total. The van der Waals surface area contributed by atoms with Crippen LogP contribution in [0.4, 0.5) is 0 Å². The van der Waals surface area contributed by atoms with E-state index >= 15 is 0 Å². The molecule has 0 heterocycles. The van der Waals surface area contributed by atoms with Gasteiger partial charge in [-0.15, -0.1) is 0 Å². The monoisotopic (exact) mass is 408 g/mol. The van der Waals surface area contributed by atoms with E-state index in [4.69, 9.17) is 0 Å². The molecule has 168 valence electrons. The van der Waals surface area contributed by atoms with Gasteiger partial charge in [0.05, 0.1) is 22.4 Å². The molecule has 0 radical (unpaired) electrons. The van der Waals surface area contributed by atoms with E-state index in [1.54, 1.807) is 27.7 Å². The molecular weight excluding hydrogens is 368 g/mol. The summed E-state index contributed by atoms with van der Waals surface area (Å²) in [5, 5.41) is 78.4. The lowest BCUT2D eigenvalue weighted by Gasteiger charge is -2.48. The first-order chi connectivity index (χ1) is 12.4. The van der Waals surface area contributed by atoms with E-state index < -0.39 is 46.8 Å². The summed E-state index contributed by atoms with van der Waals surface area (Å²) in [4.78, 5) is 0. The molecule has 8 heteroatoms. The van der Waals surface area contributed by atoms with Crippen LogP contribution in [-0.2, 0) is 0 Å². The Balaban J connectivity index is 0.000000280. The Morgan fingerprint density at radius 2 is 0.786 bits per heavy atom. The first kappa shape index (κ1) is 25.7. The predicted molar refractivity (Wildman–Crippen MR) is 103 cm³/mol. The minimum absolute atomic E-state index is 0.150. The fraction of sp³-hybridized carbons (Fsp3) is 1.00. The van der Waals surface area contributed by atoms with Gasteiger partial charge >= 0.3 is 0 Å². The zero-order chi connectivity index (χ0) is 22.3. The summed E-state index contributed by atoms with van der Waals surface area (Å²) in [5.41, 5.74) is -5.19. The van der Waals surface area contributed by atoms with Crippen molar-refractivity contribution in [3.8, 4) is 0 Å². The molecule has 8 N–H and O–H groups in total. The molecule has 2 saturated carbocycles. The van der Waals surface area contributed by atoms with Crippen LogP contribution < -0.4 is 0 Å². The number of hydrogen-bond donors (Lipinski definition) is 8. The molecule has 8 atom stereocenters. The summed E-state index contributed by atoms with van der Waals surface area (Å²) in [6.07, 6.45) is -3.96. The fourth-order valence-electron chi connectivity index (χ4n) is 3.99. The average Bonchev–Trinajstić information content (AvgIpc) is 2.59. The summed E-state index contributed by atoms with van der Waals surface area (Å²) in [6.45, 7) is 10.1. The maximum absolute atomic E-state index is 10.1. The second-order valence-electron chi connectivity index (χ2n) is 9.79. The largest absolute Gasteiger partial charge is 0.387 e. The van der Waals surface area contributed by atoms with Crippen LogP contribution >= 0.6 is 0 Å². The van der Waals surface area contributed by atoms with Crippen molar-refractivity contribution in [3.05, 3.63) is 0 Å². The van der Waals surface area contributed by atoms with Gasteiger partial charge in [0.2, 0.25) is 0 Å². The highest BCUT2D eigenvalue weighted by molar-refractivity contribution is 5.05. The van der Waals surface area contributed by atoms with Crippen LogP contribution in [0.5, 0.6) is 0 Å². The third kappa shape index (κ3) is 4.70. The van der Waals surface area contributed by atoms with E-state index in [-0.39, 0.29) is 11.8 Å². The van der Waals surface area contributed by atoms with Gasteiger partial charge in [-0.1, -0.05) is 27.7 Å². The molecule has 28 heavy (non-hydrogen) atoms. The zero-order valence-corrected chi connectivity index (χ0v) is 17.9. The standard InChI is InChI=1S/2C10H20O4/c2*1-6(2)10(14)5-4-9(3,13)7(11)8(10)12/h2*6-8,11-14H,4-5H2,1-3H3/t2*7-,8+,9-,10-/m11/s1. The summed E-state index contributed by atoms with van der Waals surface area (Å²) in [6, 6.07) is 0. The van der Waals surface area contributed by atoms with Crippen molar-refractivity contribution in [2.24, 2.45) is 11.8 Å². The van der Waals surface area contributed by atoms with Crippen molar-refractivity contribution in [2.75, 3.05) is 0 Å². The van der Waals surface area contributed by atoms with Crippen LogP contribution in [0.2, 0.25) is 0 Å². The van der Waals surface area contributed by atoms with Gasteiger partial charge in [-0.25, -0.2) is 0 Å². The van der Waals surface area contributed by atoms with Crippen molar-refractivity contribution < 1.29 is 40.9 Å². The van der Waals surface area contributed by atoms with Crippen molar-refractivity contribution in [3.63, 3.8) is 0 Å². The van der Waals surface area contributed by atoms with Gasteiger partial charge in [-0.2, -0.15) is 0 Å². The highest BCUT2D eigenvalue weighted by Crippen LogP contribution is 2.40. The first-order valence-electron chi connectivity index (χ1n) is 10.0. The van der Waals surface area contributed by atoms with E-state index in [1.165, 1.54) is 13.8 Å². The Bertz CT molecular complexity index is 474. The van der Waals surface area contributed by atoms with Crippen molar-refractivity contribution in [1.29, 1.82) is 0 Å². The molecule has 0 amide bonds. The Morgan fingerprint density at radius 3 is 1.00 bits per heavy atom. The minimum atomic E-state index is -1.31. The van der Waals surface area contributed by atoms with Gasteiger partial charge in [0.1, 0.15) is 24.4 Å². The summed E-state index contributed by atoms with van der Waals surface area (Å²) < 4.78 is 0. The molecule has 2 fully saturated rings. The Kier molecular flexibility index (Phi) is 7.74. The smallest absolute Gasteiger partial charge is 0.112 e. The minimum Gasteiger partial charge on any atom is -0.387 e. The van der Waals surface area contributed by atoms with Gasteiger partial charge in [0.25, 0.3) is 0 Å². The highest BCUT2D eigenvalue weighted by Gasteiger charge is 2.54. The molecular formula is C20H40O8. The zero-order valence-electron chi connectivity index (χ0n) is 17.9. The van der Waals surface area contributed by atoms with Gasteiger partial charge in [-0.3, -0.25) is 0 Å². The topological polar surface area (TPSA) is 162 Å². The normalized spacial score (nSPS) is 49.7. The van der Waals surface area contributed by atoms with Gasteiger partial charge in [-0.05, 0) is 51.4 Å². The molecule has 0 aliphatic heterocycles. The molecule has 0 bridgehead atoms. The molecule has 2 rings (SSSR count). The van der Waals surface area contributed by atoms with Gasteiger partial charge < -0.3 is 40.9 Å². The van der Waals surface area contributed by atoms with Crippen LogP contribution in [0.1, 0.15) is 67.2 Å². The second-order valence-corrected chi connectivity index (χ2v) is 9.79. The van der Waals surface area contributed by atoms with Crippen molar-refractivity contribution in [2.45, 2.75) is 114 Å². The van der Waals surface area contributed by atoms with Crippen molar-refractivity contribution >= 4 is 0 Å². The Morgan fingerprint density at radius 1 is 0.536 bits per heavy atom. The SMILES string of the molecule is CC(C)[C@]1(O)CC[C@@](C)(O)[C@H](O)[C@@H]1O.CC(C)[C@]1(O)CC[C@@](C)(O)[C@H](O)[C@@H]1O. The number of aliphatic hydroxyl groups is 8. The lowest BCUT2D eigenvalue weighted by molar-refractivity contribution is -0.229. The van der Waals surface area contributed by atoms with E-state index in [0.29, 0.717) is 25.7 Å². The molecule has 0 spiro atoms. The predicted octanol–water partition coefficient (Wildman–Crippen LogP) is -0.720. The van der Waals surface area contributed by atoms with Crippen LogP contribution in [0.15, 0.2) is 0 Å². The van der Waals surface area contributed by atoms with Gasteiger partial charge in [0.15, 0.2) is 0 Å². The van der Waals surface area contributed by atoms with Crippen molar-refractivity contribution in [1.82, 2.24) is 0 Å². The third-order valence-electron chi connectivity index (χ3n) is 6.96.